The predicted octanol–water partition coefficient (Wildman–Crippen LogP) is 3.03. The monoisotopic (exact) mass is 270 g/mol. The third-order valence-corrected chi connectivity index (χ3v) is 4.85. The summed E-state index contributed by atoms with van der Waals surface area (Å²) < 4.78 is 0. The van der Waals surface area contributed by atoms with Crippen LogP contribution >= 0.6 is 11.8 Å². The van der Waals surface area contributed by atoms with Gasteiger partial charge in [-0.05, 0) is 11.6 Å². The van der Waals surface area contributed by atoms with Gasteiger partial charge in [0.25, 0.3) is 0 Å². The van der Waals surface area contributed by atoms with Gasteiger partial charge in [0.1, 0.15) is 10.6 Å². The van der Waals surface area contributed by atoms with Gasteiger partial charge >= 0.3 is 0 Å². The molecular weight excluding hydrogens is 256 g/mol. The minimum absolute atomic E-state index is 0.0476. The standard InChI is InChI=1S/C15H14N2OS/c1-17-14(18)13(11-6-3-2-4-7-11)19-15(17)12-8-5-9-16-10-12/h2-10,13,15H,1H3/t13-,15-/m0/s1. The first-order valence-electron chi connectivity index (χ1n) is 6.14. The molecule has 0 bridgehead atoms. The minimum atomic E-state index is -0.114. The molecule has 96 valence electrons. The second-order valence-electron chi connectivity index (χ2n) is 4.51. The van der Waals surface area contributed by atoms with Gasteiger partial charge in [-0.15, -0.1) is 11.8 Å². The zero-order chi connectivity index (χ0) is 13.2. The molecule has 3 rings (SSSR count). The van der Waals surface area contributed by atoms with Crippen molar-refractivity contribution >= 4 is 17.7 Å². The number of aromatic nitrogens is 1. The summed E-state index contributed by atoms with van der Waals surface area (Å²) >= 11 is 1.67. The van der Waals surface area contributed by atoms with Crippen molar-refractivity contribution in [1.29, 1.82) is 0 Å². The molecule has 2 atom stereocenters. The highest BCUT2D eigenvalue weighted by Crippen LogP contribution is 2.49. The smallest absolute Gasteiger partial charge is 0.241 e. The van der Waals surface area contributed by atoms with Crippen LogP contribution in [0.2, 0.25) is 0 Å². The lowest BCUT2D eigenvalue weighted by Gasteiger charge is -2.18. The van der Waals surface area contributed by atoms with Crippen LogP contribution in [0.25, 0.3) is 0 Å². The Bertz CT molecular complexity index is 573. The molecule has 1 aliphatic rings. The number of hydrogen-bond acceptors (Lipinski definition) is 3. The first-order chi connectivity index (χ1) is 9.27. The minimum Gasteiger partial charge on any atom is -0.328 e. The van der Waals surface area contributed by atoms with Crippen molar-refractivity contribution in [3.8, 4) is 0 Å². The average molecular weight is 270 g/mol. The van der Waals surface area contributed by atoms with Crippen LogP contribution in [-0.2, 0) is 4.79 Å². The number of rotatable bonds is 2. The Hall–Kier alpha value is -1.81. The van der Waals surface area contributed by atoms with Crippen LogP contribution in [0.5, 0.6) is 0 Å². The average Bonchev–Trinajstić information content (AvgIpc) is 2.77. The van der Waals surface area contributed by atoms with Gasteiger partial charge < -0.3 is 4.90 Å². The van der Waals surface area contributed by atoms with E-state index in [0.717, 1.165) is 11.1 Å². The largest absolute Gasteiger partial charge is 0.328 e. The summed E-state index contributed by atoms with van der Waals surface area (Å²) in [4.78, 5) is 18.3. The molecule has 1 fully saturated rings. The topological polar surface area (TPSA) is 33.2 Å². The quantitative estimate of drug-likeness (QED) is 0.841. The SMILES string of the molecule is CN1C(=O)[C@H](c2ccccc2)S[C@H]1c1cccnc1. The van der Waals surface area contributed by atoms with Crippen molar-refractivity contribution in [2.24, 2.45) is 0 Å². The number of hydrogen-bond donors (Lipinski definition) is 0. The molecule has 2 aromatic rings. The van der Waals surface area contributed by atoms with Crippen molar-refractivity contribution in [1.82, 2.24) is 9.88 Å². The number of thioether (sulfide) groups is 1. The van der Waals surface area contributed by atoms with Gasteiger partial charge in [0.15, 0.2) is 0 Å². The number of pyridine rings is 1. The highest BCUT2D eigenvalue weighted by atomic mass is 32.2. The van der Waals surface area contributed by atoms with Crippen LogP contribution in [0.1, 0.15) is 21.8 Å². The van der Waals surface area contributed by atoms with E-state index in [2.05, 4.69) is 4.98 Å². The van der Waals surface area contributed by atoms with Gasteiger partial charge in [0.05, 0.1) is 0 Å². The van der Waals surface area contributed by atoms with Crippen LogP contribution in [-0.4, -0.2) is 22.8 Å². The van der Waals surface area contributed by atoms with E-state index in [-0.39, 0.29) is 16.5 Å². The van der Waals surface area contributed by atoms with Crippen LogP contribution < -0.4 is 0 Å². The number of benzene rings is 1. The number of likely N-dealkylation sites (N-methyl/N-ethyl adjacent to an activating group) is 1. The van der Waals surface area contributed by atoms with Crippen LogP contribution in [0, 0.1) is 0 Å². The maximum absolute atomic E-state index is 12.4. The number of amides is 1. The predicted molar refractivity (Wildman–Crippen MR) is 76.5 cm³/mol. The third-order valence-electron chi connectivity index (χ3n) is 3.26. The van der Waals surface area contributed by atoms with E-state index in [1.165, 1.54) is 0 Å². The molecule has 0 N–H and O–H groups in total. The maximum Gasteiger partial charge on any atom is 0.241 e. The zero-order valence-electron chi connectivity index (χ0n) is 10.6. The summed E-state index contributed by atoms with van der Waals surface area (Å²) in [7, 11) is 1.86. The van der Waals surface area contributed by atoms with E-state index in [1.807, 2.05) is 55.7 Å². The summed E-state index contributed by atoms with van der Waals surface area (Å²) in [6.07, 6.45) is 3.58. The molecule has 1 aliphatic heterocycles. The fourth-order valence-electron chi connectivity index (χ4n) is 2.25. The second-order valence-corrected chi connectivity index (χ2v) is 5.70. The van der Waals surface area contributed by atoms with E-state index in [4.69, 9.17) is 0 Å². The molecule has 3 nitrogen and oxygen atoms in total. The molecule has 2 heterocycles. The molecule has 1 amide bonds. The number of nitrogens with zero attached hydrogens (tertiary/aromatic N) is 2. The Kier molecular flexibility index (Phi) is 3.25. The van der Waals surface area contributed by atoms with Gasteiger partial charge in [-0.3, -0.25) is 9.78 Å². The summed E-state index contributed by atoms with van der Waals surface area (Å²) in [6, 6.07) is 13.9. The zero-order valence-corrected chi connectivity index (χ0v) is 11.4. The number of carbonyl (C=O) groups is 1. The molecule has 4 heteroatoms. The Balaban J connectivity index is 1.90. The molecule has 1 aromatic heterocycles. The molecule has 0 radical (unpaired) electrons. The van der Waals surface area contributed by atoms with E-state index in [0.29, 0.717) is 0 Å². The molecule has 0 aliphatic carbocycles. The molecule has 19 heavy (non-hydrogen) atoms. The van der Waals surface area contributed by atoms with E-state index in [1.54, 1.807) is 22.9 Å². The van der Waals surface area contributed by atoms with Crippen molar-refractivity contribution in [3.63, 3.8) is 0 Å². The van der Waals surface area contributed by atoms with Crippen molar-refractivity contribution < 1.29 is 4.79 Å². The third kappa shape index (κ3) is 2.24. The molecule has 0 unspecified atom stereocenters. The highest BCUT2D eigenvalue weighted by Gasteiger charge is 2.39. The Morgan fingerprint density at radius 1 is 1.11 bits per heavy atom. The lowest BCUT2D eigenvalue weighted by atomic mass is 10.1. The van der Waals surface area contributed by atoms with Crippen molar-refractivity contribution in [2.45, 2.75) is 10.6 Å². The first kappa shape index (κ1) is 12.2. The fraction of sp³-hybridized carbons (Fsp3) is 0.200. The first-order valence-corrected chi connectivity index (χ1v) is 7.08. The number of carbonyl (C=O) groups excluding carboxylic acids is 1. The summed E-state index contributed by atoms with van der Waals surface area (Å²) in [5.74, 6) is 0.157. The maximum atomic E-state index is 12.4. The van der Waals surface area contributed by atoms with Crippen molar-refractivity contribution in [2.75, 3.05) is 7.05 Å². The fourth-order valence-corrected chi connectivity index (χ4v) is 3.69. The van der Waals surface area contributed by atoms with Crippen molar-refractivity contribution in [3.05, 3.63) is 66.0 Å². The van der Waals surface area contributed by atoms with E-state index >= 15 is 0 Å². The lowest BCUT2D eigenvalue weighted by molar-refractivity contribution is -0.128. The summed E-state index contributed by atoms with van der Waals surface area (Å²) in [5.41, 5.74) is 2.14. The molecule has 0 spiro atoms. The van der Waals surface area contributed by atoms with Gasteiger partial charge in [-0.1, -0.05) is 36.4 Å². The molecule has 0 saturated carbocycles. The van der Waals surface area contributed by atoms with Gasteiger partial charge in [-0.25, -0.2) is 0 Å². The van der Waals surface area contributed by atoms with Gasteiger partial charge in [0.2, 0.25) is 5.91 Å². The van der Waals surface area contributed by atoms with Crippen LogP contribution in [0.4, 0.5) is 0 Å². The second kappa shape index (κ2) is 5.05. The highest BCUT2D eigenvalue weighted by molar-refractivity contribution is 8.00. The summed E-state index contributed by atoms with van der Waals surface area (Å²) in [5, 5.41) is -0.0668. The van der Waals surface area contributed by atoms with Crippen LogP contribution in [0.3, 0.4) is 0 Å². The Labute approximate surface area is 116 Å². The normalized spacial score (nSPS) is 22.8. The molecule has 1 aromatic carbocycles. The van der Waals surface area contributed by atoms with Crippen LogP contribution in [0.15, 0.2) is 54.9 Å². The Morgan fingerprint density at radius 3 is 2.53 bits per heavy atom. The Morgan fingerprint density at radius 2 is 1.84 bits per heavy atom. The van der Waals surface area contributed by atoms with E-state index in [9.17, 15) is 4.79 Å². The van der Waals surface area contributed by atoms with Gasteiger partial charge in [-0.2, -0.15) is 0 Å². The lowest BCUT2D eigenvalue weighted by Crippen LogP contribution is -2.24. The van der Waals surface area contributed by atoms with Gasteiger partial charge in [0, 0.05) is 25.0 Å². The summed E-state index contributed by atoms with van der Waals surface area (Å²) in [6.45, 7) is 0. The van der Waals surface area contributed by atoms with E-state index < -0.39 is 0 Å². The molecular formula is C15H14N2OS. The molecule has 1 saturated heterocycles.